The summed E-state index contributed by atoms with van der Waals surface area (Å²) in [6, 6.07) is 27.1. The fourth-order valence-corrected chi connectivity index (χ4v) is 6.96. The normalized spacial score (nSPS) is 12.8. The maximum atomic E-state index is 14.7. The van der Waals surface area contributed by atoms with E-state index in [-0.39, 0.29) is 35.7 Å². The average molecular weight is 709 g/mol. The molecule has 0 bridgehead atoms. The first-order chi connectivity index (χ1) is 22.8. The number of amides is 2. The van der Waals surface area contributed by atoms with E-state index in [9.17, 15) is 18.0 Å². The smallest absolute Gasteiger partial charge is 0.264 e. The van der Waals surface area contributed by atoms with Gasteiger partial charge in [-0.3, -0.25) is 13.9 Å². The number of halogens is 2. The van der Waals surface area contributed by atoms with Crippen LogP contribution in [0.25, 0.3) is 0 Å². The van der Waals surface area contributed by atoms with Crippen molar-refractivity contribution < 1.29 is 18.0 Å². The van der Waals surface area contributed by atoms with Gasteiger partial charge in [-0.15, -0.1) is 0 Å². The maximum Gasteiger partial charge on any atom is 0.264 e. The first kappa shape index (κ1) is 37.0. The van der Waals surface area contributed by atoms with Crippen LogP contribution in [-0.2, 0) is 32.6 Å². The molecule has 0 spiro atoms. The molecule has 2 amide bonds. The van der Waals surface area contributed by atoms with Crippen LogP contribution in [0.4, 0.5) is 5.69 Å². The maximum absolute atomic E-state index is 14.7. The Kier molecular flexibility index (Phi) is 12.7. The van der Waals surface area contributed by atoms with Crippen LogP contribution < -0.4 is 9.62 Å². The number of rotatable bonds is 14. The molecule has 10 heteroatoms. The topological polar surface area (TPSA) is 86.8 Å². The van der Waals surface area contributed by atoms with E-state index in [4.69, 9.17) is 23.2 Å². The number of sulfonamides is 1. The Morgan fingerprint density at radius 2 is 1.46 bits per heavy atom. The van der Waals surface area contributed by atoms with Gasteiger partial charge in [-0.05, 0) is 79.3 Å². The van der Waals surface area contributed by atoms with Crippen LogP contribution in [0, 0.1) is 6.92 Å². The van der Waals surface area contributed by atoms with Gasteiger partial charge in [0, 0.05) is 19.0 Å². The molecule has 0 saturated carbocycles. The van der Waals surface area contributed by atoms with Gasteiger partial charge in [-0.1, -0.05) is 110 Å². The third kappa shape index (κ3) is 9.40. The SMILES string of the molecule is CC[C@@H](C)NC(=O)[C@@H](Cc1ccccc1)N(Cc1ccc(Cl)c(Cl)c1)C(=O)CN(c1ccc(C(C)C)cc1)S(=O)(=O)c1ccc(C)cc1. The minimum atomic E-state index is -4.20. The molecular weight excluding hydrogens is 665 g/mol. The van der Waals surface area contributed by atoms with Crippen molar-refractivity contribution in [2.24, 2.45) is 0 Å². The summed E-state index contributed by atoms with van der Waals surface area (Å²) in [4.78, 5) is 30.2. The van der Waals surface area contributed by atoms with Crippen molar-refractivity contribution in [2.75, 3.05) is 10.8 Å². The van der Waals surface area contributed by atoms with Gasteiger partial charge in [0.1, 0.15) is 12.6 Å². The highest BCUT2D eigenvalue weighted by Gasteiger charge is 2.35. The quantitative estimate of drug-likeness (QED) is 0.143. The number of hydrogen-bond acceptors (Lipinski definition) is 4. The summed E-state index contributed by atoms with van der Waals surface area (Å²) in [6.45, 7) is 9.30. The number of hydrogen-bond donors (Lipinski definition) is 1. The second-order valence-electron chi connectivity index (χ2n) is 12.4. The van der Waals surface area contributed by atoms with Gasteiger partial charge in [0.15, 0.2) is 0 Å². The van der Waals surface area contributed by atoms with E-state index in [1.165, 1.54) is 17.0 Å². The Hall–Kier alpha value is -3.85. The average Bonchev–Trinajstić information content (AvgIpc) is 3.07. The second-order valence-corrected chi connectivity index (χ2v) is 15.0. The van der Waals surface area contributed by atoms with Crippen molar-refractivity contribution in [2.45, 2.75) is 76.9 Å². The Bertz CT molecular complexity index is 1800. The zero-order valence-corrected chi connectivity index (χ0v) is 30.3. The molecule has 4 aromatic rings. The van der Waals surface area contributed by atoms with Gasteiger partial charge in [0.2, 0.25) is 11.8 Å². The largest absolute Gasteiger partial charge is 0.352 e. The summed E-state index contributed by atoms with van der Waals surface area (Å²) in [5, 5.41) is 3.70. The molecule has 0 saturated heterocycles. The fraction of sp³-hybridized carbons (Fsp3) is 0.316. The van der Waals surface area contributed by atoms with Crippen LogP contribution in [0.15, 0.2) is 102 Å². The number of carbonyl (C=O) groups is 2. The second kappa shape index (κ2) is 16.5. The molecule has 0 aliphatic heterocycles. The molecule has 0 unspecified atom stereocenters. The van der Waals surface area contributed by atoms with Gasteiger partial charge in [-0.25, -0.2) is 8.42 Å². The molecule has 4 rings (SSSR count). The van der Waals surface area contributed by atoms with E-state index in [0.29, 0.717) is 27.7 Å². The Morgan fingerprint density at radius 1 is 0.812 bits per heavy atom. The molecule has 1 N–H and O–H groups in total. The van der Waals surface area contributed by atoms with Gasteiger partial charge in [-0.2, -0.15) is 0 Å². The Balaban J connectivity index is 1.83. The molecule has 0 fully saturated rings. The first-order valence-electron chi connectivity index (χ1n) is 16.1. The number of benzene rings is 4. The highest BCUT2D eigenvalue weighted by atomic mass is 35.5. The summed E-state index contributed by atoms with van der Waals surface area (Å²) in [6.07, 6.45) is 0.906. The number of anilines is 1. The minimum absolute atomic E-state index is 0.00808. The highest BCUT2D eigenvalue weighted by Crippen LogP contribution is 2.28. The van der Waals surface area contributed by atoms with E-state index in [1.807, 2.05) is 63.2 Å². The van der Waals surface area contributed by atoms with Crippen LogP contribution in [0.5, 0.6) is 0 Å². The predicted octanol–water partition coefficient (Wildman–Crippen LogP) is 8.18. The summed E-state index contributed by atoms with van der Waals surface area (Å²) < 4.78 is 29.7. The zero-order chi connectivity index (χ0) is 35.0. The lowest BCUT2D eigenvalue weighted by Gasteiger charge is -2.34. The highest BCUT2D eigenvalue weighted by molar-refractivity contribution is 7.92. The molecular formula is C38H43Cl2N3O4S. The summed E-state index contributed by atoms with van der Waals surface area (Å²) >= 11 is 12.6. The summed E-state index contributed by atoms with van der Waals surface area (Å²) in [5.74, 6) is -0.659. The van der Waals surface area contributed by atoms with Gasteiger partial charge in [0.05, 0.1) is 20.6 Å². The van der Waals surface area contributed by atoms with Crippen molar-refractivity contribution in [3.05, 3.63) is 129 Å². The molecule has 4 aromatic carbocycles. The lowest BCUT2D eigenvalue weighted by Crippen LogP contribution is -2.54. The minimum Gasteiger partial charge on any atom is -0.352 e. The van der Waals surface area contributed by atoms with Crippen LogP contribution in [0.3, 0.4) is 0 Å². The molecule has 0 radical (unpaired) electrons. The molecule has 254 valence electrons. The monoisotopic (exact) mass is 707 g/mol. The van der Waals surface area contributed by atoms with E-state index in [1.54, 1.807) is 42.5 Å². The van der Waals surface area contributed by atoms with Crippen LogP contribution in [-0.4, -0.2) is 43.8 Å². The first-order valence-corrected chi connectivity index (χ1v) is 18.3. The van der Waals surface area contributed by atoms with Gasteiger partial charge < -0.3 is 10.2 Å². The molecule has 2 atom stereocenters. The van der Waals surface area contributed by atoms with E-state index in [2.05, 4.69) is 19.2 Å². The molecule has 7 nitrogen and oxygen atoms in total. The lowest BCUT2D eigenvalue weighted by molar-refractivity contribution is -0.140. The molecule has 0 aliphatic carbocycles. The Labute approximate surface area is 294 Å². The summed E-state index contributed by atoms with van der Waals surface area (Å²) in [7, 11) is -4.20. The van der Waals surface area contributed by atoms with Crippen molar-refractivity contribution in [1.29, 1.82) is 0 Å². The molecule has 0 aliphatic rings. The van der Waals surface area contributed by atoms with Crippen molar-refractivity contribution in [3.8, 4) is 0 Å². The van der Waals surface area contributed by atoms with Crippen molar-refractivity contribution in [1.82, 2.24) is 10.2 Å². The fourth-order valence-electron chi connectivity index (χ4n) is 5.22. The van der Waals surface area contributed by atoms with Crippen LogP contribution in [0.2, 0.25) is 10.0 Å². The number of nitrogens with zero attached hydrogens (tertiary/aromatic N) is 2. The third-order valence-corrected chi connectivity index (χ3v) is 10.9. The Morgan fingerprint density at radius 3 is 2.04 bits per heavy atom. The van der Waals surface area contributed by atoms with Gasteiger partial charge in [0.25, 0.3) is 10.0 Å². The van der Waals surface area contributed by atoms with Crippen LogP contribution in [0.1, 0.15) is 62.3 Å². The molecule has 0 aromatic heterocycles. The predicted molar refractivity (Wildman–Crippen MR) is 195 cm³/mol. The number of aryl methyl sites for hydroxylation is 1. The van der Waals surface area contributed by atoms with E-state index in [0.717, 1.165) is 21.0 Å². The summed E-state index contributed by atoms with van der Waals surface area (Å²) in [5.41, 5.74) is 3.76. The van der Waals surface area contributed by atoms with Crippen molar-refractivity contribution in [3.63, 3.8) is 0 Å². The van der Waals surface area contributed by atoms with E-state index >= 15 is 0 Å². The van der Waals surface area contributed by atoms with Gasteiger partial charge >= 0.3 is 0 Å². The number of carbonyl (C=O) groups excluding carboxylic acids is 2. The zero-order valence-electron chi connectivity index (χ0n) is 28.0. The molecule has 48 heavy (non-hydrogen) atoms. The van der Waals surface area contributed by atoms with Crippen molar-refractivity contribution >= 4 is 50.7 Å². The standard InChI is InChI=1S/C38H43Cl2N3O4S/c1-6-28(5)41-38(45)36(23-29-10-8-7-9-11-29)42(24-30-14-21-34(39)35(40)22-30)37(44)25-43(32-17-15-31(16-18-32)26(2)3)48(46,47)33-19-12-27(4)13-20-33/h7-22,26,28,36H,6,23-25H2,1-5H3,(H,41,45)/t28-,36-/m1/s1. The lowest BCUT2D eigenvalue weighted by atomic mass is 10.0. The van der Waals surface area contributed by atoms with E-state index < -0.39 is 28.5 Å². The number of nitrogens with one attached hydrogen (secondary N) is 1. The third-order valence-electron chi connectivity index (χ3n) is 8.34. The van der Waals surface area contributed by atoms with Crippen LogP contribution >= 0.6 is 23.2 Å². The molecule has 0 heterocycles.